The van der Waals surface area contributed by atoms with Gasteiger partial charge in [0.1, 0.15) is 0 Å². The molecule has 0 atom stereocenters. The maximum absolute atomic E-state index is 11.9. The Bertz CT molecular complexity index is 456. The van der Waals surface area contributed by atoms with Crippen LogP contribution in [0.5, 0.6) is 0 Å². The summed E-state index contributed by atoms with van der Waals surface area (Å²) >= 11 is 5.73. The molecule has 0 unspecified atom stereocenters. The van der Waals surface area contributed by atoms with Crippen molar-refractivity contribution in [3.63, 3.8) is 0 Å². The molecule has 0 aliphatic heterocycles. The average molecular weight is 290 g/mol. The van der Waals surface area contributed by atoms with Gasteiger partial charge in [0, 0.05) is 24.7 Å². The minimum absolute atomic E-state index is 0.200. The highest BCUT2D eigenvalue weighted by Crippen LogP contribution is 2.19. The van der Waals surface area contributed by atoms with Crippen LogP contribution in [0.2, 0.25) is 0 Å². The second-order valence-corrected chi connectivity index (χ2v) is 6.57. The lowest BCUT2D eigenvalue weighted by Crippen LogP contribution is -2.24. The zero-order chi connectivity index (χ0) is 13.6. The lowest BCUT2D eigenvalue weighted by Gasteiger charge is -2.22. The zero-order valence-corrected chi connectivity index (χ0v) is 12.5. The van der Waals surface area contributed by atoms with Crippen LogP contribution in [0.1, 0.15) is 20.3 Å². The highest BCUT2D eigenvalue weighted by atomic mass is 35.5. The van der Waals surface area contributed by atoms with E-state index in [0.717, 1.165) is 18.8 Å². The number of anilines is 1. The van der Waals surface area contributed by atoms with Gasteiger partial charge in [-0.15, -0.1) is 11.6 Å². The third-order valence-electron chi connectivity index (χ3n) is 2.77. The molecule has 0 radical (unpaired) electrons. The summed E-state index contributed by atoms with van der Waals surface area (Å²) in [5.74, 6) is 0.759. The molecular formula is C13H20ClNO2S. The van der Waals surface area contributed by atoms with Crippen molar-refractivity contribution in [3.8, 4) is 0 Å². The number of nitrogens with zero attached hydrogens (tertiary/aromatic N) is 1. The number of benzene rings is 1. The molecule has 0 heterocycles. The van der Waals surface area contributed by atoms with Crippen LogP contribution in [-0.4, -0.2) is 33.1 Å². The molecule has 0 N–H and O–H groups in total. The second kappa shape index (κ2) is 7.00. The van der Waals surface area contributed by atoms with E-state index in [1.807, 2.05) is 26.0 Å². The van der Waals surface area contributed by atoms with E-state index in [-0.39, 0.29) is 5.75 Å². The standard InChI is InChI=1S/C13H20ClNO2S/c1-3-11-18(16,17)13-7-5-12(6-8-13)15(4-2)10-9-14/h5-8H,3-4,9-11H2,1-2H3. The van der Waals surface area contributed by atoms with Gasteiger partial charge in [0.05, 0.1) is 10.6 Å². The highest BCUT2D eigenvalue weighted by Gasteiger charge is 2.13. The maximum atomic E-state index is 11.9. The first kappa shape index (κ1) is 15.3. The molecule has 3 nitrogen and oxygen atoms in total. The van der Waals surface area contributed by atoms with Gasteiger partial charge in [-0.1, -0.05) is 6.92 Å². The topological polar surface area (TPSA) is 37.4 Å². The third-order valence-corrected chi connectivity index (χ3v) is 4.88. The van der Waals surface area contributed by atoms with E-state index in [4.69, 9.17) is 11.6 Å². The molecule has 0 fully saturated rings. The van der Waals surface area contributed by atoms with Crippen LogP contribution in [0.25, 0.3) is 0 Å². The molecule has 0 amide bonds. The summed E-state index contributed by atoms with van der Waals surface area (Å²) in [5.41, 5.74) is 1.01. The van der Waals surface area contributed by atoms with E-state index >= 15 is 0 Å². The lowest BCUT2D eigenvalue weighted by molar-refractivity contribution is 0.594. The van der Waals surface area contributed by atoms with Gasteiger partial charge in [-0.25, -0.2) is 8.42 Å². The smallest absolute Gasteiger partial charge is 0.178 e. The Labute approximate surface area is 115 Å². The molecular weight excluding hydrogens is 270 g/mol. The van der Waals surface area contributed by atoms with Crippen molar-refractivity contribution in [1.82, 2.24) is 0 Å². The molecule has 0 aliphatic rings. The van der Waals surface area contributed by atoms with Gasteiger partial charge in [0.15, 0.2) is 9.84 Å². The molecule has 0 spiro atoms. The zero-order valence-electron chi connectivity index (χ0n) is 10.9. The maximum Gasteiger partial charge on any atom is 0.178 e. The monoisotopic (exact) mass is 289 g/mol. The van der Waals surface area contributed by atoms with Gasteiger partial charge in [-0.3, -0.25) is 0 Å². The van der Waals surface area contributed by atoms with Crippen LogP contribution in [0.4, 0.5) is 5.69 Å². The summed E-state index contributed by atoms with van der Waals surface area (Å²) in [6.45, 7) is 5.53. The number of halogens is 1. The van der Waals surface area contributed by atoms with Gasteiger partial charge in [-0.05, 0) is 37.6 Å². The van der Waals surface area contributed by atoms with Crippen LogP contribution in [0, 0.1) is 0 Å². The molecule has 0 aliphatic carbocycles. The van der Waals surface area contributed by atoms with E-state index in [0.29, 0.717) is 17.2 Å². The predicted molar refractivity (Wildman–Crippen MR) is 77.4 cm³/mol. The summed E-state index contributed by atoms with van der Waals surface area (Å²) in [5, 5.41) is 0. The number of rotatable bonds is 7. The molecule has 0 saturated heterocycles. The van der Waals surface area contributed by atoms with Crippen LogP contribution >= 0.6 is 11.6 Å². The van der Waals surface area contributed by atoms with Crippen molar-refractivity contribution in [3.05, 3.63) is 24.3 Å². The molecule has 1 aromatic carbocycles. The SMILES string of the molecule is CCCS(=O)(=O)c1ccc(N(CC)CCCl)cc1. The first-order valence-corrected chi connectivity index (χ1v) is 8.37. The number of hydrogen-bond donors (Lipinski definition) is 0. The normalized spacial score (nSPS) is 11.5. The number of hydrogen-bond acceptors (Lipinski definition) is 3. The predicted octanol–water partition coefficient (Wildman–Crippen LogP) is 2.94. The van der Waals surface area contributed by atoms with Crippen LogP contribution < -0.4 is 4.90 Å². The van der Waals surface area contributed by atoms with Crippen LogP contribution in [-0.2, 0) is 9.84 Å². The van der Waals surface area contributed by atoms with E-state index < -0.39 is 9.84 Å². The Morgan fingerprint density at radius 2 is 1.78 bits per heavy atom. The fourth-order valence-corrected chi connectivity index (χ4v) is 3.35. The van der Waals surface area contributed by atoms with Gasteiger partial charge in [-0.2, -0.15) is 0 Å². The fourth-order valence-electron chi connectivity index (χ4n) is 1.82. The second-order valence-electron chi connectivity index (χ2n) is 4.08. The lowest BCUT2D eigenvalue weighted by atomic mass is 10.3. The largest absolute Gasteiger partial charge is 0.371 e. The van der Waals surface area contributed by atoms with E-state index in [1.165, 1.54) is 0 Å². The number of alkyl halides is 1. The van der Waals surface area contributed by atoms with Crippen molar-refractivity contribution in [1.29, 1.82) is 0 Å². The van der Waals surface area contributed by atoms with E-state index in [1.54, 1.807) is 12.1 Å². The summed E-state index contributed by atoms with van der Waals surface area (Å²) in [7, 11) is -3.12. The van der Waals surface area contributed by atoms with E-state index in [2.05, 4.69) is 4.90 Å². The van der Waals surface area contributed by atoms with Crippen molar-refractivity contribution >= 4 is 27.1 Å². The quantitative estimate of drug-likeness (QED) is 0.724. The molecule has 18 heavy (non-hydrogen) atoms. The van der Waals surface area contributed by atoms with Crippen LogP contribution in [0.3, 0.4) is 0 Å². The Hall–Kier alpha value is -0.740. The first-order valence-electron chi connectivity index (χ1n) is 6.19. The van der Waals surface area contributed by atoms with Crippen LogP contribution in [0.15, 0.2) is 29.2 Å². The Kier molecular flexibility index (Phi) is 5.96. The van der Waals surface area contributed by atoms with Gasteiger partial charge in [0.2, 0.25) is 0 Å². The minimum atomic E-state index is -3.12. The minimum Gasteiger partial charge on any atom is -0.371 e. The summed E-state index contributed by atoms with van der Waals surface area (Å²) in [4.78, 5) is 2.51. The Morgan fingerprint density at radius 3 is 2.22 bits per heavy atom. The highest BCUT2D eigenvalue weighted by molar-refractivity contribution is 7.91. The third kappa shape index (κ3) is 3.89. The van der Waals surface area contributed by atoms with Crippen molar-refractivity contribution < 1.29 is 8.42 Å². The molecule has 102 valence electrons. The van der Waals surface area contributed by atoms with Gasteiger partial charge in [0.25, 0.3) is 0 Å². The fraction of sp³-hybridized carbons (Fsp3) is 0.538. The summed E-state index contributed by atoms with van der Waals surface area (Å²) in [6.07, 6.45) is 0.636. The Morgan fingerprint density at radius 1 is 1.17 bits per heavy atom. The first-order chi connectivity index (χ1) is 8.55. The molecule has 0 saturated carbocycles. The molecule has 1 rings (SSSR count). The summed E-state index contributed by atoms with van der Waals surface area (Å²) in [6, 6.07) is 7.05. The molecule has 0 aromatic heterocycles. The average Bonchev–Trinajstić information content (AvgIpc) is 2.36. The molecule has 1 aromatic rings. The van der Waals surface area contributed by atoms with E-state index in [9.17, 15) is 8.42 Å². The number of sulfone groups is 1. The van der Waals surface area contributed by atoms with Gasteiger partial charge < -0.3 is 4.90 Å². The van der Waals surface area contributed by atoms with Crippen molar-refractivity contribution in [2.75, 3.05) is 29.6 Å². The molecule has 5 heteroatoms. The Balaban J connectivity index is 2.92. The summed E-state index contributed by atoms with van der Waals surface area (Å²) < 4.78 is 23.7. The van der Waals surface area contributed by atoms with Gasteiger partial charge >= 0.3 is 0 Å². The van der Waals surface area contributed by atoms with Crippen molar-refractivity contribution in [2.45, 2.75) is 25.2 Å². The molecule has 0 bridgehead atoms. The van der Waals surface area contributed by atoms with Crippen molar-refractivity contribution in [2.24, 2.45) is 0 Å².